The number of carbonyl (C=O) groups excluding carboxylic acids is 1. The Bertz CT molecular complexity index is 421. The maximum absolute atomic E-state index is 11.3. The lowest BCUT2D eigenvalue weighted by atomic mass is 10.0. The first-order valence-corrected chi connectivity index (χ1v) is 5.88. The predicted octanol–water partition coefficient (Wildman–Crippen LogP) is 1.95. The highest BCUT2D eigenvalue weighted by Gasteiger charge is 2.31. The minimum atomic E-state index is -0.250. The lowest BCUT2D eigenvalue weighted by molar-refractivity contribution is -0.117. The van der Waals surface area contributed by atoms with Gasteiger partial charge in [-0.25, -0.2) is 0 Å². The summed E-state index contributed by atoms with van der Waals surface area (Å²) in [5, 5.41) is 6.75. The van der Waals surface area contributed by atoms with Gasteiger partial charge in [0.25, 0.3) is 0 Å². The van der Waals surface area contributed by atoms with Crippen LogP contribution in [0.25, 0.3) is 0 Å². The van der Waals surface area contributed by atoms with E-state index in [1.807, 2.05) is 13.8 Å². The van der Waals surface area contributed by atoms with Gasteiger partial charge in [-0.2, -0.15) is 4.98 Å². The zero-order valence-electron chi connectivity index (χ0n) is 10.1. The maximum atomic E-state index is 11.3. The van der Waals surface area contributed by atoms with Crippen LogP contribution in [0.5, 0.6) is 0 Å². The Labute approximate surface area is 100 Å². The number of carbonyl (C=O) groups is 1. The minimum Gasteiger partial charge on any atom is -0.340 e. The quantitative estimate of drug-likeness (QED) is 0.792. The summed E-state index contributed by atoms with van der Waals surface area (Å²) in [5.74, 6) is 1.66. The summed E-state index contributed by atoms with van der Waals surface area (Å²) in [6.45, 7) is 7.42. The van der Waals surface area contributed by atoms with E-state index in [0.29, 0.717) is 11.8 Å². The van der Waals surface area contributed by atoms with E-state index in [9.17, 15) is 4.79 Å². The normalized spacial score (nSPS) is 16.9. The predicted molar refractivity (Wildman–Crippen MR) is 62.2 cm³/mol. The molecule has 0 aromatic carbocycles. The van der Waals surface area contributed by atoms with Crippen molar-refractivity contribution in [1.82, 2.24) is 15.5 Å². The van der Waals surface area contributed by atoms with E-state index in [1.54, 1.807) is 0 Å². The number of rotatable bonds is 5. The number of aromatic nitrogens is 2. The molecule has 1 N–H and O–H groups in total. The van der Waals surface area contributed by atoms with Gasteiger partial charge in [0.2, 0.25) is 11.8 Å². The third-order valence-electron chi connectivity index (χ3n) is 2.82. The van der Waals surface area contributed by atoms with Gasteiger partial charge in [-0.15, -0.1) is 0 Å². The molecule has 0 spiro atoms. The molecule has 1 amide bonds. The van der Waals surface area contributed by atoms with Crippen molar-refractivity contribution < 1.29 is 9.32 Å². The van der Waals surface area contributed by atoms with Crippen LogP contribution in [0.1, 0.15) is 50.4 Å². The van der Waals surface area contributed by atoms with Gasteiger partial charge in [0.1, 0.15) is 6.04 Å². The van der Waals surface area contributed by atoms with Crippen molar-refractivity contribution in [2.45, 2.75) is 38.6 Å². The molecule has 1 atom stereocenters. The third kappa shape index (κ3) is 2.72. The van der Waals surface area contributed by atoms with Crippen molar-refractivity contribution >= 4 is 5.91 Å². The molecular formula is C12H17N3O2. The molecule has 2 rings (SSSR count). The van der Waals surface area contributed by atoms with E-state index >= 15 is 0 Å². The fraction of sp³-hybridized carbons (Fsp3) is 0.583. The van der Waals surface area contributed by atoms with E-state index in [1.165, 1.54) is 6.08 Å². The molecule has 92 valence electrons. The van der Waals surface area contributed by atoms with Gasteiger partial charge in [0.05, 0.1) is 0 Å². The minimum absolute atomic E-state index is 0.186. The van der Waals surface area contributed by atoms with Gasteiger partial charge in [-0.05, 0) is 24.8 Å². The molecule has 0 bridgehead atoms. The van der Waals surface area contributed by atoms with Gasteiger partial charge in [-0.3, -0.25) is 4.79 Å². The van der Waals surface area contributed by atoms with Crippen molar-refractivity contribution in [2.24, 2.45) is 5.92 Å². The van der Waals surface area contributed by atoms with Crippen LogP contribution in [0.2, 0.25) is 0 Å². The summed E-state index contributed by atoms with van der Waals surface area (Å²) in [4.78, 5) is 15.7. The molecule has 1 saturated carbocycles. The monoisotopic (exact) mass is 235 g/mol. The van der Waals surface area contributed by atoms with Crippen LogP contribution in [-0.4, -0.2) is 16.0 Å². The van der Waals surface area contributed by atoms with Crippen molar-refractivity contribution in [3.63, 3.8) is 0 Å². The Balaban J connectivity index is 2.12. The fourth-order valence-electron chi connectivity index (χ4n) is 1.61. The van der Waals surface area contributed by atoms with Crippen LogP contribution in [0.4, 0.5) is 0 Å². The molecule has 5 heteroatoms. The van der Waals surface area contributed by atoms with Gasteiger partial charge in [0, 0.05) is 5.92 Å². The standard InChI is InChI=1S/C12H17N3O2/c1-4-9(16)13-10(7(2)3)12-14-11(15-17-12)8-5-6-8/h4,7-8,10H,1,5-6H2,2-3H3,(H,13,16)/t10-/m0/s1. The zero-order valence-corrected chi connectivity index (χ0v) is 10.1. The molecule has 0 saturated heterocycles. The second-order valence-electron chi connectivity index (χ2n) is 4.70. The van der Waals surface area contributed by atoms with Crippen LogP contribution < -0.4 is 5.32 Å². The smallest absolute Gasteiger partial charge is 0.249 e. The van der Waals surface area contributed by atoms with Crippen LogP contribution in [0, 0.1) is 5.92 Å². The molecule has 17 heavy (non-hydrogen) atoms. The lowest BCUT2D eigenvalue weighted by Gasteiger charge is -2.17. The van der Waals surface area contributed by atoms with Gasteiger partial charge in [0.15, 0.2) is 5.82 Å². The average Bonchev–Trinajstić information content (AvgIpc) is 3.04. The van der Waals surface area contributed by atoms with Gasteiger partial charge in [-0.1, -0.05) is 25.6 Å². The molecule has 1 fully saturated rings. The Hall–Kier alpha value is -1.65. The SMILES string of the molecule is C=CC(=O)N[C@H](c1nc(C2CC2)no1)C(C)C. The van der Waals surface area contributed by atoms with E-state index < -0.39 is 0 Å². The highest BCUT2D eigenvalue weighted by Crippen LogP contribution is 2.38. The Morgan fingerprint density at radius 3 is 2.82 bits per heavy atom. The summed E-state index contributed by atoms with van der Waals surface area (Å²) >= 11 is 0. The van der Waals surface area contributed by atoms with Crippen molar-refractivity contribution in [1.29, 1.82) is 0 Å². The van der Waals surface area contributed by atoms with Crippen LogP contribution in [0.15, 0.2) is 17.2 Å². The molecule has 1 aliphatic carbocycles. The molecule has 1 heterocycles. The first-order chi connectivity index (χ1) is 8.11. The summed E-state index contributed by atoms with van der Waals surface area (Å²) in [6.07, 6.45) is 3.50. The number of amides is 1. The number of hydrogen-bond acceptors (Lipinski definition) is 4. The van der Waals surface area contributed by atoms with Crippen LogP contribution in [0.3, 0.4) is 0 Å². The molecule has 0 aliphatic heterocycles. The van der Waals surface area contributed by atoms with Crippen LogP contribution in [-0.2, 0) is 4.79 Å². The second-order valence-corrected chi connectivity index (χ2v) is 4.70. The number of nitrogens with zero attached hydrogens (tertiary/aromatic N) is 2. The molecule has 1 aromatic heterocycles. The first-order valence-electron chi connectivity index (χ1n) is 5.88. The largest absolute Gasteiger partial charge is 0.340 e. The molecule has 5 nitrogen and oxygen atoms in total. The molecule has 1 aliphatic rings. The Morgan fingerprint density at radius 1 is 1.59 bits per heavy atom. The van der Waals surface area contributed by atoms with E-state index in [-0.39, 0.29) is 17.9 Å². The molecule has 1 aromatic rings. The van der Waals surface area contributed by atoms with E-state index in [0.717, 1.165) is 18.7 Å². The molecular weight excluding hydrogens is 218 g/mol. The van der Waals surface area contributed by atoms with E-state index in [2.05, 4.69) is 22.0 Å². The topological polar surface area (TPSA) is 68.0 Å². The lowest BCUT2D eigenvalue weighted by Crippen LogP contribution is -2.30. The van der Waals surface area contributed by atoms with Crippen molar-refractivity contribution in [3.05, 3.63) is 24.4 Å². The summed E-state index contributed by atoms with van der Waals surface area (Å²) < 4.78 is 5.22. The molecule has 0 radical (unpaired) electrons. The third-order valence-corrected chi connectivity index (χ3v) is 2.82. The van der Waals surface area contributed by atoms with Gasteiger partial charge >= 0.3 is 0 Å². The van der Waals surface area contributed by atoms with Gasteiger partial charge < -0.3 is 9.84 Å². The van der Waals surface area contributed by atoms with Crippen LogP contribution >= 0.6 is 0 Å². The number of nitrogens with one attached hydrogen (secondary N) is 1. The number of hydrogen-bond donors (Lipinski definition) is 1. The van der Waals surface area contributed by atoms with Crippen molar-refractivity contribution in [2.75, 3.05) is 0 Å². The Kier molecular flexibility index (Phi) is 3.26. The zero-order chi connectivity index (χ0) is 12.4. The molecule has 0 unspecified atom stereocenters. The second kappa shape index (κ2) is 4.69. The maximum Gasteiger partial charge on any atom is 0.249 e. The highest BCUT2D eigenvalue weighted by atomic mass is 16.5. The summed E-state index contributed by atoms with van der Waals surface area (Å²) in [7, 11) is 0. The van der Waals surface area contributed by atoms with E-state index in [4.69, 9.17) is 4.52 Å². The first kappa shape index (κ1) is 11.8. The summed E-state index contributed by atoms with van der Waals surface area (Å²) in [5.41, 5.74) is 0. The van der Waals surface area contributed by atoms with Crippen molar-refractivity contribution in [3.8, 4) is 0 Å². The Morgan fingerprint density at radius 2 is 2.29 bits per heavy atom. The summed E-state index contributed by atoms with van der Waals surface area (Å²) in [6, 6.07) is -0.250. The fourth-order valence-corrected chi connectivity index (χ4v) is 1.61. The average molecular weight is 235 g/mol. The highest BCUT2D eigenvalue weighted by molar-refractivity contribution is 5.87.